The molecule has 0 spiro atoms. The van der Waals surface area contributed by atoms with Gasteiger partial charge in [-0.25, -0.2) is 18.0 Å². The molecule has 0 saturated carbocycles. The molecule has 0 atom stereocenters. The standard InChI is InChI=1S/C21H23NO6S/c1-4-22(5-2)29(25,26)19-12-9-16(10-13-19)11-14-20(23)28-18-8-6-7-17(15-18)21(24)27-3/h6-15H,4-5H2,1-3H3/b14-11+. The first-order chi connectivity index (χ1) is 13.8. The van der Waals surface area contributed by atoms with E-state index in [9.17, 15) is 18.0 Å². The van der Waals surface area contributed by atoms with Gasteiger partial charge in [-0.1, -0.05) is 32.0 Å². The maximum absolute atomic E-state index is 12.5. The van der Waals surface area contributed by atoms with Crippen LogP contribution in [0.5, 0.6) is 5.75 Å². The van der Waals surface area contributed by atoms with E-state index in [1.807, 2.05) is 0 Å². The van der Waals surface area contributed by atoms with Gasteiger partial charge in [-0.3, -0.25) is 0 Å². The van der Waals surface area contributed by atoms with Gasteiger partial charge in [0.1, 0.15) is 5.75 Å². The van der Waals surface area contributed by atoms with E-state index in [1.165, 1.54) is 41.8 Å². The molecule has 0 aliphatic carbocycles. The first-order valence-corrected chi connectivity index (χ1v) is 10.4. The van der Waals surface area contributed by atoms with Gasteiger partial charge in [0.2, 0.25) is 10.0 Å². The maximum Gasteiger partial charge on any atom is 0.337 e. The fourth-order valence-corrected chi connectivity index (χ4v) is 4.04. The number of esters is 2. The molecule has 8 heteroatoms. The smallest absolute Gasteiger partial charge is 0.337 e. The molecule has 0 unspecified atom stereocenters. The van der Waals surface area contributed by atoms with Crippen LogP contribution in [0.3, 0.4) is 0 Å². The van der Waals surface area contributed by atoms with Crippen LogP contribution < -0.4 is 4.74 Å². The third-order valence-electron chi connectivity index (χ3n) is 4.11. The Bertz CT molecular complexity index is 992. The highest BCUT2D eigenvalue weighted by Gasteiger charge is 2.20. The predicted octanol–water partition coefficient (Wildman–Crippen LogP) is 3.12. The average Bonchev–Trinajstić information content (AvgIpc) is 2.73. The number of benzene rings is 2. The minimum absolute atomic E-state index is 0.195. The number of ether oxygens (including phenoxy) is 2. The van der Waals surface area contributed by atoms with Crippen molar-refractivity contribution in [2.45, 2.75) is 18.7 Å². The van der Waals surface area contributed by atoms with Gasteiger partial charge < -0.3 is 9.47 Å². The fraction of sp³-hybridized carbons (Fsp3) is 0.238. The number of rotatable bonds is 8. The summed E-state index contributed by atoms with van der Waals surface area (Å²) in [5.41, 5.74) is 0.913. The van der Waals surface area contributed by atoms with Crippen molar-refractivity contribution in [3.8, 4) is 5.75 Å². The zero-order valence-corrected chi connectivity index (χ0v) is 17.3. The summed E-state index contributed by atoms with van der Waals surface area (Å²) in [6.45, 7) is 4.35. The second-order valence-corrected chi connectivity index (χ2v) is 7.87. The maximum atomic E-state index is 12.5. The molecule has 0 saturated heterocycles. The van der Waals surface area contributed by atoms with E-state index in [0.29, 0.717) is 18.7 Å². The van der Waals surface area contributed by atoms with Crippen LogP contribution in [-0.4, -0.2) is 44.9 Å². The van der Waals surface area contributed by atoms with Crippen LogP contribution in [0.2, 0.25) is 0 Å². The van der Waals surface area contributed by atoms with Gasteiger partial charge in [0.25, 0.3) is 0 Å². The van der Waals surface area contributed by atoms with Crippen molar-refractivity contribution in [1.29, 1.82) is 0 Å². The first-order valence-electron chi connectivity index (χ1n) is 9.00. The lowest BCUT2D eigenvalue weighted by molar-refractivity contribution is -0.128. The monoisotopic (exact) mass is 417 g/mol. The quantitative estimate of drug-likeness (QED) is 0.372. The zero-order valence-electron chi connectivity index (χ0n) is 16.5. The summed E-state index contributed by atoms with van der Waals surface area (Å²) in [6.07, 6.45) is 2.74. The Labute approximate surface area is 170 Å². The Morgan fingerprint density at radius 2 is 1.69 bits per heavy atom. The lowest BCUT2D eigenvalue weighted by Crippen LogP contribution is -2.30. The lowest BCUT2D eigenvalue weighted by Gasteiger charge is -2.18. The van der Waals surface area contributed by atoms with Gasteiger partial charge in [0.05, 0.1) is 17.6 Å². The Morgan fingerprint density at radius 1 is 1.03 bits per heavy atom. The van der Waals surface area contributed by atoms with Crippen molar-refractivity contribution in [3.63, 3.8) is 0 Å². The van der Waals surface area contributed by atoms with E-state index < -0.39 is 22.0 Å². The SMILES string of the molecule is CCN(CC)S(=O)(=O)c1ccc(/C=C/C(=O)Oc2cccc(C(=O)OC)c2)cc1. The molecule has 0 aliphatic rings. The molecule has 7 nitrogen and oxygen atoms in total. The Kier molecular flexibility index (Phi) is 7.69. The van der Waals surface area contributed by atoms with Crippen LogP contribution in [0.4, 0.5) is 0 Å². The number of nitrogens with zero attached hydrogens (tertiary/aromatic N) is 1. The summed E-state index contributed by atoms with van der Waals surface area (Å²) < 4.78 is 36.1. The normalized spacial score (nSPS) is 11.6. The summed E-state index contributed by atoms with van der Waals surface area (Å²) >= 11 is 0. The van der Waals surface area contributed by atoms with Crippen LogP contribution in [0, 0.1) is 0 Å². The van der Waals surface area contributed by atoms with Crippen LogP contribution in [0.1, 0.15) is 29.8 Å². The van der Waals surface area contributed by atoms with Crippen molar-refractivity contribution >= 4 is 28.0 Å². The van der Waals surface area contributed by atoms with Crippen molar-refractivity contribution in [3.05, 3.63) is 65.7 Å². The molecule has 0 aliphatic heterocycles. The molecule has 0 radical (unpaired) electrons. The number of methoxy groups -OCH3 is 1. The Balaban J connectivity index is 2.07. The molecular weight excluding hydrogens is 394 g/mol. The van der Waals surface area contributed by atoms with E-state index in [0.717, 1.165) is 0 Å². The van der Waals surface area contributed by atoms with E-state index >= 15 is 0 Å². The molecule has 2 aromatic carbocycles. The number of sulfonamides is 1. The molecule has 2 rings (SSSR count). The van der Waals surface area contributed by atoms with Crippen LogP contribution in [-0.2, 0) is 19.6 Å². The molecule has 0 N–H and O–H groups in total. The summed E-state index contributed by atoms with van der Waals surface area (Å²) in [6, 6.07) is 12.3. The van der Waals surface area contributed by atoms with Gasteiger partial charge in [-0.15, -0.1) is 0 Å². The third kappa shape index (κ3) is 5.75. The van der Waals surface area contributed by atoms with Crippen LogP contribution in [0.15, 0.2) is 59.5 Å². The number of carbonyl (C=O) groups is 2. The third-order valence-corrected chi connectivity index (χ3v) is 6.17. The van der Waals surface area contributed by atoms with Crippen molar-refractivity contribution in [2.24, 2.45) is 0 Å². The molecule has 2 aromatic rings. The van der Waals surface area contributed by atoms with E-state index in [4.69, 9.17) is 4.74 Å². The van der Waals surface area contributed by atoms with E-state index in [1.54, 1.807) is 44.2 Å². The molecule has 29 heavy (non-hydrogen) atoms. The lowest BCUT2D eigenvalue weighted by atomic mass is 10.2. The van der Waals surface area contributed by atoms with Gasteiger partial charge in [0, 0.05) is 19.2 Å². The average molecular weight is 417 g/mol. The van der Waals surface area contributed by atoms with Gasteiger partial charge in [-0.05, 0) is 42.0 Å². The zero-order chi connectivity index (χ0) is 21.4. The van der Waals surface area contributed by atoms with E-state index in [-0.39, 0.29) is 16.2 Å². The topological polar surface area (TPSA) is 90.0 Å². The van der Waals surface area contributed by atoms with Gasteiger partial charge in [0.15, 0.2) is 0 Å². The van der Waals surface area contributed by atoms with Crippen molar-refractivity contribution < 1.29 is 27.5 Å². The van der Waals surface area contributed by atoms with E-state index in [2.05, 4.69) is 4.74 Å². The second-order valence-electron chi connectivity index (χ2n) is 5.93. The molecule has 0 bridgehead atoms. The molecule has 0 aromatic heterocycles. The fourth-order valence-electron chi connectivity index (χ4n) is 2.58. The summed E-state index contributed by atoms with van der Waals surface area (Å²) in [4.78, 5) is 23.7. The highest BCUT2D eigenvalue weighted by molar-refractivity contribution is 7.89. The molecule has 154 valence electrons. The highest BCUT2D eigenvalue weighted by atomic mass is 32.2. The largest absolute Gasteiger partial charge is 0.465 e. The number of hydrogen-bond donors (Lipinski definition) is 0. The first kappa shape index (κ1) is 22.3. The second kappa shape index (κ2) is 9.99. The van der Waals surface area contributed by atoms with Crippen molar-refractivity contribution in [1.82, 2.24) is 4.31 Å². The Hall–Kier alpha value is -2.97. The van der Waals surface area contributed by atoms with Gasteiger partial charge in [-0.2, -0.15) is 4.31 Å². The Morgan fingerprint density at radius 3 is 2.28 bits per heavy atom. The summed E-state index contributed by atoms with van der Waals surface area (Å²) in [5, 5.41) is 0. The molecule has 0 amide bonds. The minimum Gasteiger partial charge on any atom is -0.465 e. The molecule has 0 heterocycles. The summed E-state index contributed by atoms with van der Waals surface area (Å²) in [7, 11) is -2.26. The van der Waals surface area contributed by atoms with Crippen molar-refractivity contribution in [2.75, 3.05) is 20.2 Å². The van der Waals surface area contributed by atoms with Gasteiger partial charge >= 0.3 is 11.9 Å². The predicted molar refractivity (Wildman–Crippen MR) is 109 cm³/mol. The summed E-state index contributed by atoms with van der Waals surface area (Å²) in [5.74, 6) is -0.951. The number of hydrogen-bond acceptors (Lipinski definition) is 6. The molecule has 0 fully saturated rings. The number of carbonyl (C=O) groups excluding carboxylic acids is 2. The van der Waals surface area contributed by atoms with Crippen LogP contribution >= 0.6 is 0 Å². The highest BCUT2D eigenvalue weighted by Crippen LogP contribution is 2.17. The minimum atomic E-state index is -3.52. The molecular formula is C21H23NO6S. The van der Waals surface area contributed by atoms with Crippen LogP contribution in [0.25, 0.3) is 6.08 Å².